The number of phenols is 1. The fraction of sp³-hybridized carbons (Fsp3) is 0.364. The van der Waals surface area contributed by atoms with Crippen LogP contribution in [0.2, 0.25) is 0 Å². The van der Waals surface area contributed by atoms with Gasteiger partial charge >= 0.3 is 6.16 Å². The van der Waals surface area contributed by atoms with Gasteiger partial charge in [0.2, 0.25) is 11.5 Å². The first-order chi connectivity index (χ1) is 8.10. The first kappa shape index (κ1) is 13.0. The number of hydrogen-bond acceptors (Lipinski definition) is 5. The fourth-order valence-corrected chi connectivity index (χ4v) is 1.26. The maximum Gasteiger partial charge on any atom is 0.511 e. The van der Waals surface area contributed by atoms with Gasteiger partial charge in [0.25, 0.3) is 0 Å². The SMILES string of the molecule is CCOc1ccc(OC(=O)O)c(O)c1OCC. The molecule has 17 heavy (non-hydrogen) atoms. The van der Waals surface area contributed by atoms with Crippen molar-refractivity contribution >= 4 is 6.16 Å². The molecule has 0 bridgehead atoms. The number of carboxylic acid groups (broad SMARTS) is 1. The van der Waals surface area contributed by atoms with Gasteiger partial charge in [-0.15, -0.1) is 0 Å². The van der Waals surface area contributed by atoms with E-state index in [1.165, 1.54) is 12.1 Å². The van der Waals surface area contributed by atoms with E-state index in [2.05, 4.69) is 4.74 Å². The maximum absolute atomic E-state index is 10.4. The first-order valence-corrected chi connectivity index (χ1v) is 5.12. The van der Waals surface area contributed by atoms with Crippen LogP contribution in [0.5, 0.6) is 23.0 Å². The predicted octanol–water partition coefficient (Wildman–Crippen LogP) is 2.25. The predicted molar refractivity (Wildman–Crippen MR) is 59.1 cm³/mol. The fourth-order valence-electron chi connectivity index (χ4n) is 1.26. The molecule has 1 aromatic carbocycles. The lowest BCUT2D eigenvalue weighted by Crippen LogP contribution is -2.05. The highest BCUT2D eigenvalue weighted by atomic mass is 16.7. The molecule has 0 saturated heterocycles. The van der Waals surface area contributed by atoms with Crippen molar-refractivity contribution in [2.75, 3.05) is 13.2 Å². The van der Waals surface area contributed by atoms with Gasteiger partial charge in [-0.25, -0.2) is 4.79 Å². The molecule has 0 atom stereocenters. The van der Waals surface area contributed by atoms with E-state index in [1.807, 2.05) is 0 Å². The molecule has 94 valence electrons. The zero-order chi connectivity index (χ0) is 12.8. The molecule has 1 aromatic rings. The highest BCUT2D eigenvalue weighted by Gasteiger charge is 2.17. The van der Waals surface area contributed by atoms with E-state index in [4.69, 9.17) is 14.6 Å². The summed E-state index contributed by atoms with van der Waals surface area (Å²) in [4.78, 5) is 10.4. The largest absolute Gasteiger partial charge is 0.511 e. The number of phenolic OH excluding ortho intramolecular Hbond substituents is 1. The molecule has 0 aliphatic rings. The standard InChI is InChI=1S/C11H14O6/c1-3-15-8-6-5-7(17-11(13)14)9(12)10(8)16-4-2/h5-6,12H,3-4H2,1-2H3,(H,13,14). The van der Waals surface area contributed by atoms with Crippen molar-refractivity contribution in [1.82, 2.24) is 0 Å². The van der Waals surface area contributed by atoms with Gasteiger partial charge in [0.15, 0.2) is 11.5 Å². The summed E-state index contributed by atoms with van der Waals surface area (Å²) in [6.45, 7) is 4.23. The van der Waals surface area contributed by atoms with Gasteiger partial charge in [0, 0.05) is 0 Å². The summed E-state index contributed by atoms with van der Waals surface area (Å²) in [5.41, 5.74) is 0. The van der Waals surface area contributed by atoms with E-state index < -0.39 is 6.16 Å². The second kappa shape index (κ2) is 5.83. The number of rotatable bonds is 5. The van der Waals surface area contributed by atoms with Gasteiger partial charge in [-0.05, 0) is 26.0 Å². The molecule has 0 aliphatic carbocycles. The van der Waals surface area contributed by atoms with Gasteiger partial charge in [0.1, 0.15) is 0 Å². The third-order valence-electron chi connectivity index (χ3n) is 1.84. The lowest BCUT2D eigenvalue weighted by Gasteiger charge is -2.13. The van der Waals surface area contributed by atoms with Crippen LogP contribution in [0.15, 0.2) is 12.1 Å². The Labute approximate surface area is 98.3 Å². The molecule has 0 saturated carbocycles. The summed E-state index contributed by atoms with van der Waals surface area (Å²) >= 11 is 0. The number of hydrogen-bond donors (Lipinski definition) is 2. The molecule has 0 heterocycles. The van der Waals surface area contributed by atoms with Crippen LogP contribution < -0.4 is 14.2 Å². The van der Waals surface area contributed by atoms with Gasteiger partial charge in [-0.2, -0.15) is 0 Å². The van der Waals surface area contributed by atoms with Crippen LogP contribution in [-0.4, -0.2) is 29.6 Å². The summed E-state index contributed by atoms with van der Waals surface area (Å²) < 4.78 is 14.8. The highest BCUT2D eigenvalue weighted by Crippen LogP contribution is 2.43. The van der Waals surface area contributed by atoms with Gasteiger partial charge in [-0.3, -0.25) is 0 Å². The third-order valence-corrected chi connectivity index (χ3v) is 1.84. The zero-order valence-corrected chi connectivity index (χ0v) is 9.60. The van der Waals surface area contributed by atoms with Crippen molar-refractivity contribution < 1.29 is 29.2 Å². The van der Waals surface area contributed by atoms with E-state index in [-0.39, 0.29) is 17.2 Å². The second-order valence-electron chi connectivity index (χ2n) is 2.97. The van der Waals surface area contributed by atoms with Crippen LogP contribution in [0.3, 0.4) is 0 Å². The Bertz CT molecular complexity index is 401. The Balaban J connectivity index is 3.12. The minimum absolute atomic E-state index is 0.0769. The molecule has 0 amide bonds. The Hall–Kier alpha value is -2.11. The van der Waals surface area contributed by atoms with Crippen molar-refractivity contribution in [1.29, 1.82) is 0 Å². The number of aromatic hydroxyl groups is 1. The second-order valence-corrected chi connectivity index (χ2v) is 2.97. The monoisotopic (exact) mass is 242 g/mol. The molecular formula is C11H14O6. The van der Waals surface area contributed by atoms with E-state index in [0.29, 0.717) is 19.0 Å². The van der Waals surface area contributed by atoms with Crippen LogP contribution in [0.4, 0.5) is 4.79 Å². The number of ether oxygens (including phenoxy) is 3. The molecule has 0 spiro atoms. The van der Waals surface area contributed by atoms with E-state index >= 15 is 0 Å². The number of carbonyl (C=O) groups is 1. The van der Waals surface area contributed by atoms with Crippen LogP contribution in [0, 0.1) is 0 Å². The number of benzene rings is 1. The normalized spacial score (nSPS) is 9.76. The summed E-state index contributed by atoms with van der Waals surface area (Å²) in [6.07, 6.45) is -1.51. The Morgan fingerprint density at radius 3 is 2.29 bits per heavy atom. The Morgan fingerprint density at radius 2 is 1.76 bits per heavy atom. The van der Waals surface area contributed by atoms with Crippen LogP contribution in [0.25, 0.3) is 0 Å². The Morgan fingerprint density at radius 1 is 1.18 bits per heavy atom. The average molecular weight is 242 g/mol. The molecule has 2 N–H and O–H groups in total. The minimum Gasteiger partial charge on any atom is -0.502 e. The molecule has 0 fully saturated rings. The molecule has 0 radical (unpaired) electrons. The van der Waals surface area contributed by atoms with Crippen molar-refractivity contribution in [2.45, 2.75) is 13.8 Å². The molecule has 0 aromatic heterocycles. The average Bonchev–Trinajstić information content (AvgIpc) is 2.27. The van der Waals surface area contributed by atoms with Gasteiger partial charge in [-0.1, -0.05) is 0 Å². The summed E-state index contributed by atoms with van der Waals surface area (Å²) in [5.74, 6) is -0.165. The molecule has 0 unspecified atom stereocenters. The van der Waals surface area contributed by atoms with E-state index in [1.54, 1.807) is 13.8 Å². The maximum atomic E-state index is 10.4. The van der Waals surface area contributed by atoms with E-state index in [9.17, 15) is 9.90 Å². The van der Waals surface area contributed by atoms with Crippen molar-refractivity contribution in [3.8, 4) is 23.0 Å². The van der Waals surface area contributed by atoms with Crippen molar-refractivity contribution in [2.24, 2.45) is 0 Å². The van der Waals surface area contributed by atoms with Crippen molar-refractivity contribution in [3.05, 3.63) is 12.1 Å². The topological polar surface area (TPSA) is 85.2 Å². The quantitative estimate of drug-likeness (QED) is 0.608. The van der Waals surface area contributed by atoms with Crippen LogP contribution in [-0.2, 0) is 0 Å². The first-order valence-electron chi connectivity index (χ1n) is 5.12. The molecular weight excluding hydrogens is 228 g/mol. The molecule has 6 heteroatoms. The lowest BCUT2D eigenvalue weighted by molar-refractivity contribution is 0.142. The van der Waals surface area contributed by atoms with Crippen molar-refractivity contribution in [3.63, 3.8) is 0 Å². The van der Waals surface area contributed by atoms with Crippen LogP contribution in [0.1, 0.15) is 13.8 Å². The molecule has 1 rings (SSSR count). The summed E-state index contributed by atoms with van der Waals surface area (Å²) in [7, 11) is 0. The highest BCUT2D eigenvalue weighted by molar-refractivity contribution is 5.66. The molecule has 6 nitrogen and oxygen atoms in total. The summed E-state index contributed by atoms with van der Waals surface area (Å²) in [6, 6.07) is 2.78. The van der Waals surface area contributed by atoms with Gasteiger partial charge in [0.05, 0.1) is 13.2 Å². The lowest BCUT2D eigenvalue weighted by atomic mass is 10.2. The Kier molecular flexibility index (Phi) is 4.45. The zero-order valence-electron chi connectivity index (χ0n) is 9.60. The summed E-state index contributed by atoms with van der Waals surface area (Å²) in [5, 5.41) is 18.3. The smallest absolute Gasteiger partial charge is 0.502 e. The van der Waals surface area contributed by atoms with Gasteiger partial charge < -0.3 is 24.4 Å². The minimum atomic E-state index is -1.51. The van der Waals surface area contributed by atoms with Crippen LogP contribution >= 0.6 is 0 Å². The molecule has 0 aliphatic heterocycles. The third kappa shape index (κ3) is 3.17. The van der Waals surface area contributed by atoms with E-state index in [0.717, 1.165) is 0 Å².